The summed E-state index contributed by atoms with van der Waals surface area (Å²) in [5.74, 6) is 0.106. The molecule has 1 aliphatic rings. The fourth-order valence-corrected chi connectivity index (χ4v) is 3.90. The van der Waals surface area contributed by atoms with E-state index in [1.54, 1.807) is 11.3 Å². The molecule has 1 N–H and O–H groups in total. The Morgan fingerprint density at radius 1 is 1.26 bits per heavy atom. The van der Waals surface area contributed by atoms with Gasteiger partial charge in [0, 0.05) is 35.8 Å². The largest absolute Gasteiger partial charge is 0.371 e. The van der Waals surface area contributed by atoms with Gasteiger partial charge in [-0.3, -0.25) is 4.79 Å². The van der Waals surface area contributed by atoms with Crippen LogP contribution in [0, 0.1) is 6.92 Å². The number of thiophene rings is 1. The fraction of sp³-hybridized carbons (Fsp3) is 0.421. The number of hydrogen-bond donors (Lipinski definition) is 1. The molecule has 2 heterocycles. The maximum atomic E-state index is 12.1. The van der Waals surface area contributed by atoms with Gasteiger partial charge in [-0.05, 0) is 67.8 Å². The highest BCUT2D eigenvalue weighted by molar-refractivity contribution is 7.09. The van der Waals surface area contributed by atoms with Gasteiger partial charge in [0.25, 0.3) is 0 Å². The van der Waals surface area contributed by atoms with Crippen molar-refractivity contribution >= 4 is 28.6 Å². The van der Waals surface area contributed by atoms with E-state index < -0.39 is 0 Å². The zero-order valence-electron chi connectivity index (χ0n) is 13.7. The van der Waals surface area contributed by atoms with Crippen molar-refractivity contribution in [2.24, 2.45) is 0 Å². The monoisotopic (exact) mass is 328 g/mol. The van der Waals surface area contributed by atoms with Gasteiger partial charge in [0.05, 0.1) is 0 Å². The van der Waals surface area contributed by atoms with Crippen LogP contribution < -0.4 is 10.2 Å². The Labute approximate surface area is 142 Å². The van der Waals surface area contributed by atoms with Crippen LogP contribution in [0.3, 0.4) is 0 Å². The van der Waals surface area contributed by atoms with Gasteiger partial charge in [-0.15, -0.1) is 11.3 Å². The topological polar surface area (TPSA) is 32.3 Å². The zero-order chi connectivity index (χ0) is 16.1. The van der Waals surface area contributed by atoms with Gasteiger partial charge in [-0.1, -0.05) is 6.07 Å². The predicted octanol–water partition coefficient (Wildman–Crippen LogP) is 4.62. The van der Waals surface area contributed by atoms with Crippen molar-refractivity contribution < 1.29 is 4.79 Å². The number of rotatable bonds is 6. The summed E-state index contributed by atoms with van der Waals surface area (Å²) in [6.45, 7) is 4.42. The van der Waals surface area contributed by atoms with Gasteiger partial charge in [0.15, 0.2) is 0 Å². The molecule has 0 unspecified atom stereocenters. The maximum Gasteiger partial charge on any atom is 0.224 e. The van der Waals surface area contributed by atoms with Crippen molar-refractivity contribution in [2.45, 2.75) is 39.0 Å². The molecule has 4 heteroatoms. The van der Waals surface area contributed by atoms with E-state index in [1.807, 2.05) is 6.07 Å². The van der Waals surface area contributed by atoms with Gasteiger partial charge < -0.3 is 10.2 Å². The van der Waals surface area contributed by atoms with Crippen molar-refractivity contribution in [3.05, 3.63) is 46.2 Å². The van der Waals surface area contributed by atoms with Crippen LogP contribution in [0.2, 0.25) is 0 Å². The summed E-state index contributed by atoms with van der Waals surface area (Å²) in [6, 6.07) is 10.4. The first-order valence-electron chi connectivity index (χ1n) is 8.40. The van der Waals surface area contributed by atoms with Gasteiger partial charge in [-0.25, -0.2) is 0 Å². The van der Waals surface area contributed by atoms with E-state index in [4.69, 9.17) is 0 Å². The standard InChI is InChI=1S/C19H24N2OS/c1-15-14-16(9-10-18(15)21-11-2-3-12-21)20-19(22)8-4-6-17-7-5-13-23-17/h5,7,9-10,13-14H,2-4,6,8,11-12H2,1H3,(H,20,22). The van der Waals surface area contributed by atoms with Crippen molar-refractivity contribution in [3.63, 3.8) is 0 Å². The van der Waals surface area contributed by atoms with Gasteiger partial charge in [0.1, 0.15) is 0 Å². The summed E-state index contributed by atoms with van der Waals surface area (Å²) >= 11 is 1.76. The van der Waals surface area contributed by atoms with Crippen molar-refractivity contribution in [2.75, 3.05) is 23.3 Å². The van der Waals surface area contributed by atoms with E-state index in [2.05, 4.69) is 46.8 Å². The number of hydrogen-bond acceptors (Lipinski definition) is 3. The molecule has 0 atom stereocenters. The van der Waals surface area contributed by atoms with E-state index in [9.17, 15) is 4.79 Å². The van der Waals surface area contributed by atoms with Crippen LogP contribution in [-0.2, 0) is 11.2 Å². The summed E-state index contributed by atoms with van der Waals surface area (Å²) in [4.78, 5) is 15.9. The molecule has 1 aliphatic heterocycles. The van der Waals surface area contributed by atoms with Crippen molar-refractivity contribution in [1.29, 1.82) is 0 Å². The number of carbonyl (C=O) groups excluding carboxylic acids is 1. The highest BCUT2D eigenvalue weighted by Gasteiger charge is 2.14. The van der Waals surface area contributed by atoms with Crippen LogP contribution in [0.15, 0.2) is 35.7 Å². The number of nitrogens with zero attached hydrogens (tertiary/aromatic N) is 1. The molecule has 3 rings (SSSR count). The van der Waals surface area contributed by atoms with Gasteiger partial charge >= 0.3 is 0 Å². The summed E-state index contributed by atoms with van der Waals surface area (Å²) in [5.41, 5.74) is 3.45. The highest BCUT2D eigenvalue weighted by atomic mass is 32.1. The molecule has 1 fully saturated rings. The molecule has 23 heavy (non-hydrogen) atoms. The third-order valence-electron chi connectivity index (χ3n) is 4.33. The average Bonchev–Trinajstić information content (AvgIpc) is 3.20. The second-order valence-electron chi connectivity index (χ2n) is 6.18. The second kappa shape index (κ2) is 7.64. The van der Waals surface area contributed by atoms with Crippen LogP contribution in [0.4, 0.5) is 11.4 Å². The summed E-state index contributed by atoms with van der Waals surface area (Å²) < 4.78 is 0. The van der Waals surface area contributed by atoms with E-state index in [0.29, 0.717) is 6.42 Å². The molecule has 0 aliphatic carbocycles. The molecule has 3 nitrogen and oxygen atoms in total. The van der Waals surface area contributed by atoms with Crippen LogP contribution in [0.25, 0.3) is 0 Å². The van der Waals surface area contributed by atoms with Crippen LogP contribution in [0.1, 0.15) is 36.1 Å². The van der Waals surface area contributed by atoms with Crippen LogP contribution in [-0.4, -0.2) is 19.0 Å². The number of nitrogens with one attached hydrogen (secondary N) is 1. The Bertz CT molecular complexity index is 645. The molecule has 0 radical (unpaired) electrons. The Balaban J connectivity index is 1.50. The molecule has 2 aromatic rings. The fourth-order valence-electron chi connectivity index (χ4n) is 3.15. The first-order valence-corrected chi connectivity index (χ1v) is 9.28. The number of aryl methyl sites for hydroxylation is 2. The average molecular weight is 328 g/mol. The molecule has 0 spiro atoms. The molecule has 122 valence electrons. The smallest absolute Gasteiger partial charge is 0.224 e. The molecule has 1 amide bonds. The highest BCUT2D eigenvalue weighted by Crippen LogP contribution is 2.26. The second-order valence-corrected chi connectivity index (χ2v) is 7.21. The lowest BCUT2D eigenvalue weighted by molar-refractivity contribution is -0.116. The SMILES string of the molecule is Cc1cc(NC(=O)CCCc2cccs2)ccc1N1CCCC1. The Morgan fingerprint density at radius 3 is 2.78 bits per heavy atom. The van der Waals surface area contributed by atoms with Crippen molar-refractivity contribution in [3.8, 4) is 0 Å². The molecule has 1 saturated heterocycles. The quantitative estimate of drug-likeness (QED) is 0.839. The Hall–Kier alpha value is -1.81. The van der Waals surface area contributed by atoms with E-state index in [-0.39, 0.29) is 5.91 Å². The minimum atomic E-state index is 0.106. The number of benzene rings is 1. The lowest BCUT2D eigenvalue weighted by Gasteiger charge is -2.20. The molecular weight excluding hydrogens is 304 g/mol. The number of anilines is 2. The van der Waals surface area contributed by atoms with Gasteiger partial charge in [-0.2, -0.15) is 0 Å². The molecule has 1 aromatic heterocycles. The molecule has 0 bridgehead atoms. The lowest BCUT2D eigenvalue weighted by atomic mass is 10.1. The minimum absolute atomic E-state index is 0.106. The lowest BCUT2D eigenvalue weighted by Crippen LogP contribution is -2.19. The van der Waals surface area contributed by atoms with Gasteiger partial charge in [0.2, 0.25) is 5.91 Å². The Morgan fingerprint density at radius 2 is 2.09 bits per heavy atom. The first kappa shape index (κ1) is 16.1. The van der Waals surface area contributed by atoms with Crippen molar-refractivity contribution in [1.82, 2.24) is 0 Å². The summed E-state index contributed by atoms with van der Waals surface area (Å²) in [7, 11) is 0. The van der Waals surface area contributed by atoms with E-state index >= 15 is 0 Å². The molecule has 0 saturated carbocycles. The predicted molar refractivity (Wildman–Crippen MR) is 98.5 cm³/mol. The Kier molecular flexibility index (Phi) is 5.34. The van der Waals surface area contributed by atoms with E-state index in [1.165, 1.54) is 29.0 Å². The van der Waals surface area contributed by atoms with Crippen LogP contribution in [0.5, 0.6) is 0 Å². The van der Waals surface area contributed by atoms with E-state index in [0.717, 1.165) is 31.6 Å². The third kappa shape index (κ3) is 4.35. The number of amides is 1. The summed E-state index contributed by atoms with van der Waals surface area (Å²) in [6.07, 6.45) is 5.02. The third-order valence-corrected chi connectivity index (χ3v) is 5.27. The molecular formula is C19H24N2OS. The molecule has 1 aromatic carbocycles. The normalized spacial score (nSPS) is 14.2. The van der Waals surface area contributed by atoms with Crippen LogP contribution >= 0.6 is 11.3 Å². The number of carbonyl (C=O) groups is 1. The maximum absolute atomic E-state index is 12.1. The minimum Gasteiger partial charge on any atom is -0.371 e. The first-order chi connectivity index (χ1) is 11.2. The summed E-state index contributed by atoms with van der Waals surface area (Å²) in [5, 5.41) is 5.11. The zero-order valence-corrected chi connectivity index (χ0v) is 14.5.